The van der Waals surface area contributed by atoms with Gasteiger partial charge in [-0.3, -0.25) is 57.5 Å². The minimum atomic E-state index is -0.503. The SMILES string of the molecule is C=CC(=O)N(CCCC)CCOC(=O)C(C)(C)C.C=CC(=O)N(CCCC)CCOC(=O)C(C)C.C=CC(=O)N(CCCC)CCOC(=O)CC.C=CC(=O)N(CCCC)CCOC(=O)CC(C)C.C=CC(=O)N(CCCC)CCOC(=O)CCC.C=CC(=O)N(CCCC)CCOC(C)=O. The molecule has 0 heterocycles. The van der Waals surface area contributed by atoms with Crippen molar-refractivity contribution in [3.05, 3.63) is 75.9 Å². The van der Waals surface area contributed by atoms with Crippen LogP contribution in [0.3, 0.4) is 0 Å². The molecule has 0 fully saturated rings. The highest BCUT2D eigenvalue weighted by Crippen LogP contribution is 2.15. The lowest BCUT2D eigenvalue weighted by Gasteiger charge is -2.22. The molecule has 24 heteroatoms. The van der Waals surface area contributed by atoms with Gasteiger partial charge in [0.15, 0.2) is 0 Å². The van der Waals surface area contributed by atoms with E-state index in [1.807, 2.05) is 20.8 Å². The second kappa shape index (κ2) is 70.5. The van der Waals surface area contributed by atoms with Crippen LogP contribution in [0.25, 0.3) is 0 Å². The average Bonchev–Trinajstić information content (AvgIpc) is 1.05. The van der Waals surface area contributed by atoms with Crippen molar-refractivity contribution in [1.82, 2.24) is 29.4 Å². The molecule has 0 N–H and O–H groups in total. The molecule has 0 saturated carbocycles. The highest BCUT2D eigenvalue weighted by atomic mass is 16.6. The van der Waals surface area contributed by atoms with E-state index in [0.29, 0.717) is 104 Å². The summed E-state index contributed by atoms with van der Waals surface area (Å²) in [4.78, 5) is 145. The smallest absolute Gasteiger partial charge is 0.311 e. The second-order valence-electron chi connectivity index (χ2n) is 24.7. The molecule has 0 aromatic rings. The molecule has 0 aliphatic carbocycles. The normalized spacial score (nSPS) is 10.0. The lowest BCUT2D eigenvalue weighted by molar-refractivity contribution is -0.154. The first kappa shape index (κ1) is 104. The molecule has 0 aliphatic heterocycles. The lowest BCUT2D eigenvalue weighted by Crippen LogP contribution is -2.35. The van der Waals surface area contributed by atoms with Gasteiger partial charge < -0.3 is 57.8 Å². The maximum Gasteiger partial charge on any atom is 0.311 e. The Morgan fingerprint density at radius 2 is 0.584 bits per heavy atom. The fourth-order valence-electron chi connectivity index (χ4n) is 7.63. The first-order chi connectivity index (χ1) is 47.8. The standard InChI is InChI=1S/2C14H25NO3.2C13H23NO3.C12H21NO3.C11H19NO3/c1-6-8-9-15(12(16)7-2)10-11-18-13(17)14(3,4)5;1-5-7-8-15(13(16)6-2)9-10-18-14(17)11-12(3)4;1-5-7-8-14(12(15)6-2)9-10-17-13(16)11(3)4;1-4-7-9-14(12(15)6-3)10-11-17-13(16)8-5-2;1-4-7-8-13(11(14)5-2)9-10-16-12(15)6-3;1-4-6-7-12(11(14)5-2)8-9-15-10(3)13/h7H,2,6,8-11H2,1,3-5H3;6,12H,2,5,7-11H2,1,3-4H3;6,11H,2,5,7-10H2,1,3-4H3;6H,3-5,7-11H2,1-2H3;5H,2,4,6-10H2,1,3H3;5H,2,4,6-9H2,1,3H3. The Labute approximate surface area is 609 Å². The van der Waals surface area contributed by atoms with E-state index < -0.39 is 5.41 Å². The molecule has 0 atom stereocenters. The Kier molecular flexibility index (Phi) is 72.7. The van der Waals surface area contributed by atoms with Crippen LogP contribution >= 0.6 is 0 Å². The van der Waals surface area contributed by atoms with Crippen LogP contribution in [0, 0.1) is 17.3 Å². The van der Waals surface area contributed by atoms with Crippen LogP contribution in [0.4, 0.5) is 0 Å². The Morgan fingerprint density at radius 1 is 0.337 bits per heavy atom. The van der Waals surface area contributed by atoms with Crippen molar-refractivity contribution in [3.63, 3.8) is 0 Å². The average molecular weight is 1430 g/mol. The van der Waals surface area contributed by atoms with E-state index in [9.17, 15) is 57.5 Å². The predicted molar refractivity (Wildman–Crippen MR) is 400 cm³/mol. The van der Waals surface area contributed by atoms with Gasteiger partial charge in [-0.25, -0.2) is 0 Å². The molecule has 0 radical (unpaired) electrons. The third-order valence-corrected chi connectivity index (χ3v) is 13.7. The summed E-state index contributed by atoms with van der Waals surface area (Å²) in [5, 5.41) is 0. The predicted octanol–water partition coefficient (Wildman–Crippen LogP) is 12.0. The summed E-state index contributed by atoms with van der Waals surface area (Å²) in [7, 11) is 0. The fraction of sp³-hybridized carbons (Fsp3) is 0.688. The van der Waals surface area contributed by atoms with Crippen molar-refractivity contribution in [2.24, 2.45) is 17.3 Å². The molecule has 0 aliphatic rings. The molecule has 582 valence electrons. The van der Waals surface area contributed by atoms with Crippen LogP contribution < -0.4 is 0 Å². The van der Waals surface area contributed by atoms with Crippen molar-refractivity contribution >= 4 is 71.3 Å². The Hall–Kier alpha value is -7.92. The molecular weight excluding hydrogens is 1300 g/mol. The third kappa shape index (κ3) is 65.2. The second-order valence-corrected chi connectivity index (χ2v) is 24.7. The molecule has 24 nitrogen and oxygen atoms in total. The van der Waals surface area contributed by atoms with Crippen molar-refractivity contribution in [1.29, 1.82) is 0 Å². The largest absolute Gasteiger partial charge is 0.464 e. The lowest BCUT2D eigenvalue weighted by atomic mass is 9.97. The van der Waals surface area contributed by atoms with Gasteiger partial charge in [-0.15, -0.1) is 0 Å². The van der Waals surface area contributed by atoms with Gasteiger partial charge in [0.25, 0.3) is 0 Å². The molecule has 0 bridgehead atoms. The minimum Gasteiger partial charge on any atom is -0.464 e. The van der Waals surface area contributed by atoms with Crippen LogP contribution in [0.15, 0.2) is 75.9 Å². The molecule has 0 aromatic carbocycles. The minimum absolute atomic E-state index is 0.106. The molecule has 0 unspecified atom stereocenters. The Bertz CT molecular complexity index is 2370. The summed E-state index contributed by atoms with van der Waals surface area (Å²) in [5.41, 5.74) is -0.503. The van der Waals surface area contributed by atoms with E-state index in [2.05, 4.69) is 81.0 Å². The maximum absolute atomic E-state index is 11.6. The van der Waals surface area contributed by atoms with Crippen molar-refractivity contribution < 1.29 is 86.0 Å². The Balaban J connectivity index is -0.000000268. The molecule has 101 heavy (non-hydrogen) atoms. The molecule has 0 spiro atoms. The van der Waals surface area contributed by atoms with Crippen molar-refractivity contribution in [2.45, 2.75) is 214 Å². The third-order valence-electron chi connectivity index (χ3n) is 13.7. The van der Waals surface area contributed by atoms with E-state index in [0.717, 1.165) is 83.5 Å². The number of ether oxygens (including phenoxy) is 6. The van der Waals surface area contributed by atoms with Crippen LogP contribution in [0.1, 0.15) is 214 Å². The molecule has 6 amide bonds. The summed E-state index contributed by atoms with van der Waals surface area (Å²) in [6.07, 6.45) is 21.5. The first-order valence-corrected chi connectivity index (χ1v) is 36.2. The number of esters is 6. The summed E-state index contributed by atoms with van der Waals surface area (Å²) in [6.45, 7) is 59.3. The number of hydrogen-bond acceptors (Lipinski definition) is 18. The number of rotatable bonds is 48. The van der Waals surface area contributed by atoms with Gasteiger partial charge in [-0.1, -0.05) is 161 Å². The van der Waals surface area contributed by atoms with Gasteiger partial charge in [0.1, 0.15) is 39.6 Å². The maximum atomic E-state index is 11.6. The van der Waals surface area contributed by atoms with Gasteiger partial charge in [0.2, 0.25) is 35.4 Å². The molecule has 0 rings (SSSR count). The number of unbranched alkanes of at least 4 members (excludes halogenated alkanes) is 6. The summed E-state index contributed by atoms with van der Waals surface area (Å²) in [6, 6.07) is 0. The molecule has 0 saturated heterocycles. The van der Waals surface area contributed by atoms with Gasteiger partial charge in [0.05, 0.1) is 50.6 Å². The van der Waals surface area contributed by atoms with E-state index in [1.54, 1.807) is 70.9 Å². The van der Waals surface area contributed by atoms with E-state index in [4.69, 9.17) is 28.4 Å². The van der Waals surface area contributed by atoms with Crippen molar-refractivity contribution in [2.75, 3.05) is 118 Å². The highest BCUT2D eigenvalue weighted by Gasteiger charge is 2.24. The zero-order chi connectivity index (χ0) is 78.6. The van der Waals surface area contributed by atoms with Crippen LogP contribution in [0.2, 0.25) is 0 Å². The van der Waals surface area contributed by atoms with Gasteiger partial charge in [-0.2, -0.15) is 0 Å². The zero-order valence-electron chi connectivity index (χ0n) is 65.4. The fourth-order valence-corrected chi connectivity index (χ4v) is 7.63. The van der Waals surface area contributed by atoms with Crippen LogP contribution in [0.5, 0.6) is 0 Å². The highest BCUT2D eigenvalue weighted by molar-refractivity contribution is 5.89. The number of nitrogens with zero attached hydrogens (tertiary/aromatic N) is 6. The number of amides is 6. The van der Waals surface area contributed by atoms with Crippen molar-refractivity contribution in [3.8, 4) is 0 Å². The van der Waals surface area contributed by atoms with Gasteiger partial charge >= 0.3 is 35.8 Å². The number of carbonyl (C=O) groups is 12. The molecular formula is C77H136N6O18. The molecule has 0 aromatic heterocycles. The summed E-state index contributed by atoms with van der Waals surface area (Å²) < 4.78 is 30.0. The Morgan fingerprint density at radius 3 is 0.802 bits per heavy atom. The van der Waals surface area contributed by atoms with Crippen LogP contribution in [-0.4, -0.2) is 219 Å². The quantitative estimate of drug-likeness (QED) is 0.0311. The summed E-state index contributed by atoms with van der Waals surface area (Å²) in [5.74, 6) is -1.94. The van der Waals surface area contributed by atoms with Gasteiger partial charge in [0, 0.05) is 65.5 Å². The number of carbonyl (C=O) groups excluding carboxylic acids is 12. The topological polar surface area (TPSA) is 280 Å². The van der Waals surface area contributed by atoms with Crippen LogP contribution in [-0.2, 0) is 86.0 Å². The number of hydrogen-bond donors (Lipinski definition) is 0. The van der Waals surface area contributed by atoms with Gasteiger partial charge in [-0.05, 0) is 108 Å². The monoisotopic (exact) mass is 1430 g/mol. The van der Waals surface area contributed by atoms with E-state index >= 15 is 0 Å². The first-order valence-electron chi connectivity index (χ1n) is 36.2. The summed E-state index contributed by atoms with van der Waals surface area (Å²) >= 11 is 0. The van der Waals surface area contributed by atoms with E-state index in [1.165, 1.54) is 43.4 Å². The van der Waals surface area contributed by atoms with E-state index in [-0.39, 0.29) is 117 Å². The zero-order valence-corrected chi connectivity index (χ0v) is 65.4.